The average molecular weight is 542 g/mol. The van der Waals surface area contributed by atoms with Gasteiger partial charge in [0.1, 0.15) is 5.75 Å². The SMILES string of the molecule is CCN1C(=O)N2Cc3cc(C)cc(OC)c3C(C)C=C2C12CCN(C(=O)C(c1ccccc1)C(F)(F)F)CC2. The van der Waals surface area contributed by atoms with Crippen molar-refractivity contribution in [3.8, 4) is 5.75 Å². The van der Waals surface area contributed by atoms with Crippen LogP contribution in [-0.4, -0.2) is 65.1 Å². The summed E-state index contributed by atoms with van der Waals surface area (Å²) < 4.78 is 47.9. The zero-order valence-electron chi connectivity index (χ0n) is 22.7. The Balaban J connectivity index is 1.47. The van der Waals surface area contributed by atoms with Gasteiger partial charge in [-0.3, -0.25) is 9.69 Å². The zero-order valence-corrected chi connectivity index (χ0v) is 22.7. The Morgan fingerprint density at radius 3 is 2.41 bits per heavy atom. The smallest absolute Gasteiger partial charge is 0.404 e. The lowest BCUT2D eigenvalue weighted by atomic mass is 9.81. The van der Waals surface area contributed by atoms with E-state index in [0.717, 1.165) is 28.1 Å². The van der Waals surface area contributed by atoms with Crippen molar-refractivity contribution in [1.82, 2.24) is 14.7 Å². The van der Waals surface area contributed by atoms with Crippen LogP contribution in [0.1, 0.15) is 60.8 Å². The fourth-order valence-electron chi connectivity index (χ4n) is 6.72. The van der Waals surface area contributed by atoms with Crippen LogP contribution in [-0.2, 0) is 11.3 Å². The molecule has 0 bridgehead atoms. The standard InChI is InChI=1S/C30H34F3N3O3/c1-5-36-28(38)35-18-22-15-19(2)16-23(39-4)25(22)20(3)17-24(35)29(36)11-13-34(14-12-29)27(37)26(30(31,32)33)21-9-7-6-8-10-21/h6-10,15-17,20,26H,5,11-14,18H2,1-4H3. The van der Waals surface area contributed by atoms with Crippen molar-refractivity contribution < 1.29 is 27.5 Å². The number of ether oxygens (including phenoxy) is 1. The number of likely N-dealkylation sites (N-methyl/N-ethyl adjacent to an activating group) is 1. The fraction of sp³-hybridized carbons (Fsp3) is 0.467. The topological polar surface area (TPSA) is 53.1 Å². The van der Waals surface area contributed by atoms with Gasteiger partial charge in [0.05, 0.1) is 19.2 Å². The number of aryl methyl sites for hydroxylation is 1. The van der Waals surface area contributed by atoms with E-state index < -0.39 is 23.5 Å². The number of methoxy groups -OCH3 is 1. The number of alkyl halides is 3. The summed E-state index contributed by atoms with van der Waals surface area (Å²) in [7, 11) is 1.64. The van der Waals surface area contributed by atoms with Gasteiger partial charge in [-0.25, -0.2) is 4.79 Å². The number of halogens is 3. The molecule has 5 rings (SSSR count). The number of carbonyl (C=O) groups is 2. The summed E-state index contributed by atoms with van der Waals surface area (Å²) in [6, 6.07) is 11.3. The van der Waals surface area contributed by atoms with Crippen LogP contribution < -0.4 is 4.74 Å². The summed E-state index contributed by atoms with van der Waals surface area (Å²) in [4.78, 5) is 32.0. The maximum absolute atomic E-state index is 14.1. The van der Waals surface area contributed by atoms with Gasteiger partial charge in [0.25, 0.3) is 0 Å². The van der Waals surface area contributed by atoms with Crippen LogP contribution in [0.3, 0.4) is 0 Å². The molecule has 2 aromatic rings. The van der Waals surface area contributed by atoms with E-state index in [1.54, 1.807) is 13.2 Å². The van der Waals surface area contributed by atoms with Crippen molar-refractivity contribution >= 4 is 11.9 Å². The molecule has 208 valence electrons. The summed E-state index contributed by atoms with van der Waals surface area (Å²) in [5.41, 5.74) is 3.24. The molecular weight excluding hydrogens is 507 g/mol. The van der Waals surface area contributed by atoms with Crippen LogP contribution in [0.25, 0.3) is 0 Å². The molecule has 0 saturated carbocycles. The number of benzene rings is 2. The Hall–Kier alpha value is -3.49. The quantitative estimate of drug-likeness (QED) is 0.479. The van der Waals surface area contributed by atoms with Crippen LogP contribution in [0.15, 0.2) is 54.2 Å². The first-order valence-corrected chi connectivity index (χ1v) is 13.4. The number of hydrogen-bond acceptors (Lipinski definition) is 3. The molecule has 3 aliphatic heterocycles. The highest BCUT2D eigenvalue weighted by Crippen LogP contribution is 2.49. The summed E-state index contributed by atoms with van der Waals surface area (Å²) >= 11 is 0. The van der Waals surface area contributed by atoms with Crippen LogP contribution in [0.4, 0.5) is 18.0 Å². The van der Waals surface area contributed by atoms with Gasteiger partial charge >= 0.3 is 12.2 Å². The molecule has 3 aliphatic rings. The summed E-state index contributed by atoms with van der Waals surface area (Å²) in [5, 5.41) is 0. The maximum Gasteiger partial charge on any atom is 0.404 e. The number of allylic oxidation sites excluding steroid dienone is 1. The summed E-state index contributed by atoms with van der Waals surface area (Å²) in [6.07, 6.45) is -1.85. The van der Waals surface area contributed by atoms with E-state index in [1.165, 1.54) is 29.2 Å². The van der Waals surface area contributed by atoms with E-state index >= 15 is 0 Å². The van der Waals surface area contributed by atoms with Gasteiger partial charge in [0.2, 0.25) is 5.91 Å². The van der Waals surface area contributed by atoms with E-state index in [0.29, 0.717) is 25.9 Å². The second-order valence-corrected chi connectivity index (χ2v) is 10.7. The molecule has 0 N–H and O–H groups in total. The average Bonchev–Trinajstić information content (AvgIpc) is 2.99. The first-order valence-electron chi connectivity index (χ1n) is 13.4. The van der Waals surface area contributed by atoms with Crippen LogP contribution in [0.5, 0.6) is 5.75 Å². The number of nitrogens with zero attached hydrogens (tertiary/aromatic N) is 3. The number of carbonyl (C=O) groups excluding carboxylic acids is 2. The van der Waals surface area contributed by atoms with Gasteiger partial charge in [-0.05, 0) is 49.4 Å². The van der Waals surface area contributed by atoms with Crippen molar-refractivity contribution in [2.24, 2.45) is 0 Å². The van der Waals surface area contributed by atoms with Gasteiger partial charge in [-0.1, -0.05) is 49.4 Å². The van der Waals surface area contributed by atoms with Gasteiger partial charge in [-0.2, -0.15) is 13.2 Å². The van der Waals surface area contributed by atoms with Gasteiger partial charge < -0.3 is 14.5 Å². The number of amides is 3. The van der Waals surface area contributed by atoms with Crippen molar-refractivity contribution in [3.05, 3.63) is 76.5 Å². The second kappa shape index (κ2) is 9.92. The second-order valence-electron chi connectivity index (χ2n) is 10.7. The lowest BCUT2D eigenvalue weighted by Gasteiger charge is -2.45. The fourth-order valence-corrected chi connectivity index (χ4v) is 6.72. The van der Waals surface area contributed by atoms with E-state index in [2.05, 4.69) is 19.1 Å². The minimum atomic E-state index is -4.70. The number of rotatable bonds is 4. The monoisotopic (exact) mass is 541 g/mol. The molecule has 1 spiro atoms. The molecule has 2 unspecified atom stereocenters. The zero-order chi connectivity index (χ0) is 28.1. The van der Waals surface area contributed by atoms with Crippen LogP contribution in [0.2, 0.25) is 0 Å². The predicted molar refractivity (Wildman–Crippen MR) is 141 cm³/mol. The molecule has 2 aromatic carbocycles. The third kappa shape index (κ3) is 4.45. The Kier molecular flexibility index (Phi) is 6.89. The Morgan fingerprint density at radius 1 is 1.15 bits per heavy atom. The van der Waals surface area contributed by atoms with Crippen LogP contribution in [0, 0.1) is 6.92 Å². The van der Waals surface area contributed by atoms with Crippen LogP contribution >= 0.6 is 0 Å². The number of fused-ring (bicyclic) bond motifs is 3. The molecule has 3 amide bonds. The molecule has 0 radical (unpaired) electrons. The molecule has 2 fully saturated rings. The van der Waals surface area contributed by atoms with Crippen molar-refractivity contribution in [2.75, 3.05) is 26.7 Å². The van der Waals surface area contributed by atoms with E-state index in [-0.39, 0.29) is 30.6 Å². The largest absolute Gasteiger partial charge is 0.496 e. The minimum Gasteiger partial charge on any atom is -0.496 e. The number of likely N-dealkylation sites (tertiary alicyclic amines) is 1. The third-order valence-corrected chi connectivity index (χ3v) is 8.46. The molecule has 3 heterocycles. The third-order valence-electron chi connectivity index (χ3n) is 8.46. The highest BCUT2D eigenvalue weighted by molar-refractivity contribution is 5.86. The van der Waals surface area contributed by atoms with Crippen molar-refractivity contribution in [3.63, 3.8) is 0 Å². The lowest BCUT2D eigenvalue weighted by molar-refractivity contribution is -0.173. The first kappa shape index (κ1) is 27.1. The molecule has 39 heavy (non-hydrogen) atoms. The molecule has 9 heteroatoms. The Labute approximate surface area is 227 Å². The molecular formula is C30H34F3N3O3. The maximum atomic E-state index is 14.1. The predicted octanol–water partition coefficient (Wildman–Crippen LogP) is 5.97. The highest BCUT2D eigenvalue weighted by atomic mass is 19.4. The first-order chi connectivity index (χ1) is 18.5. The summed E-state index contributed by atoms with van der Waals surface area (Å²) in [5.74, 6) is -2.41. The molecule has 0 aliphatic carbocycles. The highest BCUT2D eigenvalue weighted by Gasteiger charge is 2.56. The Bertz CT molecular complexity index is 1300. The molecule has 6 nitrogen and oxygen atoms in total. The van der Waals surface area contributed by atoms with Gasteiger partial charge in [-0.15, -0.1) is 0 Å². The van der Waals surface area contributed by atoms with E-state index in [1.807, 2.05) is 29.7 Å². The van der Waals surface area contributed by atoms with E-state index in [4.69, 9.17) is 4.74 Å². The molecule has 2 atom stereocenters. The van der Waals surface area contributed by atoms with Gasteiger partial charge in [0, 0.05) is 36.8 Å². The van der Waals surface area contributed by atoms with E-state index in [9.17, 15) is 22.8 Å². The minimum absolute atomic E-state index is 0.0376. The normalized spacial score (nSPS) is 21.3. The lowest BCUT2D eigenvalue weighted by Crippen LogP contribution is -2.55. The van der Waals surface area contributed by atoms with Crippen molar-refractivity contribution in [2.45, 2.75) is 63.7 Å². The van der Waals surface area contributed by atoms with Crippen molar-refractivity contribution in [1.29, 1.82) is 0 Å². The number of urea groups is 1. The summed E-state index contributed by atoms with van der Waals surface area (Å²) in [6.45, 7) is 7.13. The number of hydrogen-bond donors (Lipinski definition) is 0. The number of piperidine rings is 1. The Morgan fingerprint density at radius 2 is 1.82 bits per heavy atom. The molecule has 0 aromatic heterocycles. The molecule has 2 saturated heterocycles. The van der Waals surface area contributed by atoms with Gasteiger partial charge in [0.15, 0.2) is 5.92 Å².